The molecule has 5 nitrogen and oxygen atoms in total. The van der Waals surface area contributed by atoms with E-state index < -0.39 is 0 Å². The Hall–Kier alpha value is -2.37. The van der Waals surface area contributed by atoms with E-state index in [1.54, 1.807) is 13.2 Å². The Morgan fingerprint density at radius 1 is 1.29 bits per heavy atom. The monoisotopic (exact) mass is 401 g/mol. The van der Waals surface area contributed by atoms with Gasteiger partial charge in [0.1, 0.15) is 0 Å². The highest BCUT2D eigenvalue weighted by Crippen LogP contribution is 2.44. The third-order valence-corrected chi connectivity index (χ3v) is 5.21. The number of pyridine rings is 1. The Labute approximate surface area is 170 Å². The molecule has 0 bridgehead atoms. The molecule has 6 heteroatoms. The van der Waals surface area contributed by atoms with Crippen LogP contribution in [-0.4, -0.2) is 36.9 Å². The van der Waals surface area contributed by atoms with Gasteiger partial charge in [-0.25, -0.2) is 4.98 Å². The SMILES string of the molecule is COC(=O)CCc1ccc(/C(=C\CO)c2ccc(C3CC3)c(OC)n2)cc1Cl. The maximum Gasteiger partial charge on any atom is 0.305 e. The van der Waals surface area contributed by atoms with E-state index in [1.807, 2.05) is 24.3 Å². The van der Waals surface area contributed by atoms with Crippen LogP contribution in [-0.2, 0) is 16.0 Å². The molecule has 0 atom stereocenters. The molecular weight excluding hydrogens is 378 g/mol. The minimum atomic E-state index is -0.270. The van der Waals surface area contributed by atoms with Gasteiger partial charge in [0.05, 0.1) is 26.5 Å². The van der Waals surface area contributed by atoms with E-state index in [4.69, 9.17) is 16.3 Å². The van der Waals surface area contributed by atoms with E-state index in [0.29, 0.717) is 28.9 Å². The zero-order valence-electron chi connectivity index (χ0n) is 16.1. The summed E-state index contributed by atoms with van der Waals surface area (Å²) in [6.45, 7) is -0.120. The van der Waals surface area contributed by atoms with Crippen LogP contribution in [0.25, 0.3) is 5.57 Å². The quantitative estimate of drug-likeness (QED) is 0.673. The van der Waals surface area contributed by atoms with Gasteiger partial charge >= 0.3 is 5.97 Å². The topological polar surface area (TPSA) is 68.7 Å². The molecule has 0 radical (unpaired) electrons. The minimum absolute atomic E-state index is 0.120. The van der Waals surface area contributed by atoms with Crippen LogP contribution in [0.1, 0.15) is 47.6 Å². The summed E-state index contributed by atoms with van der Waals surface area (Å²) in [4.78, 5) is 16.0. The number of ether oxygens (including phenoxy) is 2. The first-order valence-electron chi connectivity index (χ1n) is 9.29. The summed E-state index contributed by atoms with van der Waals surface area (Å²) in [5.74, 6) is 0.892. The third-order valence-electron chi connectivity index (χ3n) is 4.86. The van der Waals surface area contributed by atoms with Crippen LogP contribution >= 0.6 is 11.6 Å². The summed E-state index contributed by atoms with van der Waals surface area (Å²) in [5, 5.41) is 10.1. The highest BCUT2D eigenvalue weighted by Gasteiger charge is 2.27. The van der Waals surface area contributed by atoms with Crippen molar-refractivity contribution in [2.75, 3.05) is 20.8 Å². The fourth-order valence-corrected chi connectivity index (χ4v) is 3.46. The second-order valence-electron chi connectivity index (χ2n) is 6.75. The molecule has 0 spiro atoms. The molecule has 0 unspecified atom stereocenters. The number of benzene rings is 1. The lowest BCUT2D eigenvalue weighted by molar-refractivity contribution is -0.140. The smallest absolute Gasteiger partial charge is 0.305 e. The molecular formula is C22H24ClNO4. The van der Waals surface area contributed by atoms with Crippen LogP contribution in [0.5, 0.6) is 5.88 Å². The molecule has 3 rings (SSSR count). The molecule has 1 aromatic heterocycles. The zero-order valence-corrected chi connectivity index (χ0v) is 16.8. The molecule has 1 heterocycles. The van der Waals surface area contributed by atoms with Crippen molar-refractivity contribution < 1.29 is 19.4 Å². The number of carbonyl (C=O) groups excluding carboxylic acids is 1. The number of hydrogen-bond donors (Lipinski definition) is 1. The van der Waals surface area contributed by atoms with Crippen molar-refractivity contribution in [3.63, 3.8) is 0 Å². The van der Waals surface area contributed by atoms with Gasteiger partial charge in [-0.2, -0.15) is 0 Å². The van der Waals surface area contributed by atoms with Gasteiger partial charge in [-0.3, -0.25) is 4.79 Å². The molecule has 1 aliphatic carbocycles. The Balaban J connectivity index is 1.89. The number of aryl methyl sites for hydroxylation is 1. The van der Waals surface area contributed by atoms with Gasteiger partial charge in [0.25, 0.3) is 0 Å². The van der Waals surface area contributed by atoms with Crippen LogP contribution in [0.4, 0.5) is 0 Å². The molecule has 1 aromatic carbocycles. The number of halogens is 1. The van der Waals surface area contributed by atoms with Gasteiger partial charge in [0.15, 0.2) is 0 Å². The van der Waals surface area contributed by atoms with E-state index in [-0.39, 0.29) is 19.0 Å². The molecule has 0 saturated heterocycles. The van der Waals surface area contributed by atoms with E-state index in [2.05, 4.69) is 15.8 Å². The average Bonchev–Trinajstić information content (AvgIpc) is 3.55. The Kier molecular flexibility index (Phi) is 6.70. The van der Waals surface area contributed by atoms with E-state index in [1.165, 1.54) is 20.0 Å². The number of aromatic nitrogens is 1. The van der Waals surface area contributed by atoms with Gasteiger partial charge in [0, 0.05) is 22.6 Å². The molecule has 0 aliphatic heterocycles. The normalized spacial score (nSPS) is 14.1. The second-order valence-corrected chi connectivity index (χ2v) is 7.16. The van der Waals surface area contributed by atoms with E-state index >= 15 is 0 Å². The fraction of sp³-hybridized carbons (Fsp3) is 0.364. The number of esters is 1. The van der Waals surface area contributed by atoms with Crippen LogP contribution in [0, 0.1) is 0 Å². The number of aliphatic hydroxyl groups is 1. The number of methoxy groups -OCH3 is 2. The average molecular weight is 402 g/mol. The lowest BCUT2D eigenvalue weighted by Crippen LogP contribution is -2.03. The molecule has 28 heavy (non-hydrogen) atoms. The van der Waals surface area contributed by atoms with Gasteiger partial charge in [-0.05, 0) is 54.5 Å². The molecule has 148 valence electrons. The second kappa shape index (κ2) is 9.22. The predicted molar refractivity (Wildman–Crippen MR) is 109 cm³/mol. The summed E-state index contributed by atoms with van der Waals surface area (Å²) in [5.41, 5.74) is 4.34. The highest BCUT2D eigenvalue weighted by molar-refractivity contribution is 6.31. The molecule has 1 fully saturated rings. The number of hydrogen-bond acceptors (Lipinski definition) is 5. The van der Waals surface area contributed by atoms with Crippen molar-refractivity contribution >= 4 is 23.1 Å². The van der Waals surface area contributed by atoms with Crippen LogP contribution < -0.4 is 4.74 Å². The van der Waals surface area contributed by atoms with Gasteiger partial charge in [0.2, 0.25) is 5.88 Å². The first-order valence-corrected chi connectivity index (χ1v) is 9.67. The number of nitrogens with zero attached hydrogens (tertiary/aromatic N) is 1. The highest BCUT2D eigenvalue weighted by atomic mass is 35.5. The Bertz CT molecular complexity index is 890. The van der Waals surface area contributed by atoms with Crippen molar-refractivity contribution in [1.82, 2.24) is 4.98 Å². The van der Waals surface area contributed by atoms with Crippen molar-refractivity contribution in [3.05, 3.63) is 63.8 Å². The maximum absolute atomic E-state index is 11.4. The number of carbonyl (C=O) groups is 1. The minimum Gasteiger partial charge on any atom is -0.481 e. The molecule has 1 saturated carbocycles. The standard InChI is InChI=1S/C22H24ClNO4/c1-27-21(26)10-7-15-5-6-16(13-19(15)23)17(11-12-25)20-9-8-18(14-3-4-14)22(24-20)28-2/h5-6,8-9,11,13-14,25H,3-4,7,10,12H2,1-2H3/b17-11+. The van der Waals surface area contributed by atoms with Crippen molar-refractivity contribution in [2.45, 2.75) is 31.6 Å². The summed E-state index contributed by atoms with van der Waals surface area (Å²) in [7, 11) is 3.00. The largest absolute Gasteiger partial charge is 0.481 e. The lowest BCUT2D eigenvalue weighted by Gasteiger charge is -2.13. The molecule has 1 aliphatic rings. The lowest BCUT2D eigenvalue weighted by atomic mass is 9.98. The van der Waals surface area contributed by atoms with Gasteiger partial charge in [-0.15, -0.1) is 0 Å². The van der Waals surface area contributed by atoms with E-state index in [9.17, 15) is 9.90 Å². The number of rotatable bonds is 8. The van der Waals surface area contributed by atoms with Gasteiger partial charge < -0.3 is 14.6 Å². The van der Waals surface area contributed by atoms with Crippen LogP contribution in [0.3, 0.4) is 0 Å². The van der Waals surface area contributed by atoms with Gasteiger partial charge in [-0.1, -0.05) is 29.8 Å². The summed E-state index contributed by atoms with van der Waals surface area (Å²) in [6, 6.07) is 9.65. The van der Waals surface area contributed by atoms with Crippen molar-refractivity contribution in [2.24, 2.45) is 0 Å². The zero-order chi connectivity index (χ0) is 20.1. The first-order chi connectivity index (χ1) is 13.6. The predicted octanol–water partition coefficient (Wildman–Crippen LogP) is 4.15. The van der Waals surface area contributed by atoms with E-state index in [0.717, 1.165) is 22.3 Å². The first kappa shape index (κ1) is 20.4. The molecule has 2 aromatic rings. The Morgan fingerprint density at radius 2 is 2.07 bits per heavy atom. The third kappa shape index (κ3) is 4.72. The van der Waals surface area contributed by atoms with Crippen molar-refractivity contribution in [1.29, 1.82) is 0 Å². The Morgan fingerprint density at radius 3 is 2.68 bits per heavy atom. The van der Waals surface area contributed by atoms with Crippen LogP contribution in [0.2, 0.25) is 5.02 Å². The maximum atomic E-state index is 11.4. The summed E-state index contributed by atoms with van der Waals surface area (Å²) < 4.78 is 10.2. The van der Waals surface area contributed by atoms with Crippen molar-refractivity contribution in [3.8, 4) is 5.88 Å². The molecule has 0 amide bonds. The number of aliphatic hydroxyl groups excluding tert-OH is 1. The van der Waals surface area contributed by atoms with Crippen LogP contribution in [0.15, 0.2) is 36.4 Å². The summed E-state index contributed by atoms with van der Waals surface area (Å²) >= 11 is 6.43. The summed E-state index contributed by atoms with van der Waals surface area (Å²) in [6.07, 6.45) is 4.82. The molecule has 1 N–H and O–H groups in total. The fourth-order valence-electron chi connectivity index (χ4n) is 3.19.